The first-order valence-electron chi connectivity index (χ1n) is 7.65. The van der Waals surface area contributed by atoms with E-state index in [-0.39, 0.29) is 30.2 Å². The number of alkyl halides is 1. The van der Waals surface area contributed by atoms with Gasteiger partial charge in [-0.1, -0.05) is 0 Å². The molecule has 3 aliphatic rings. The van der Waals surface area contributed by atoms with Crippen LogP contribution in [-0.2, 0) is 14.3 Å². The molecular weight excluding hydrogens is 293 g/mol. The minimum Gasteiger partial charge on any atom is -0.477 e. The molecule has 0 aromatic carbocycles. The molecule has 1 unspecified atom stereocenters. The molecule has 1 saturated carbocycles. The fourth-order valence-electron chi connectivity index (χ4n) is 4.19. The van der Waals surface area contributed by atoms with Gasteiger partial charge in [-0.3, -0.25) is 4.79 Å². The molecule has 5 atom stereocenters. The number of carboxylic acids is 1. The zero-order chi connectivity index (χ0) is 16.0. The topological polar surface area (TPSA) is 87.1 Å². The van der Waals surface area contributed by atoms with Gasteiger partial charge in [0.1, 0.15) is 12.4 Å². The summed E-state index contributed by atoms with van der Waals surface area (Å²) in [4.78, 5) is 25.2. The van der Waals surface area contributed by atoms with Crippen LogP contribution >= 0.6 is 0 Å². The highest BCUT2D eigenvalue weighted by Crippen LogP contribution is 2.52. The van der Waals surface area contributed by atoms with Crippen LogP contribution in [0.15, 0.2) is 11.3 Å². The molecular formula is C15H20FNO5. The molecule has 0 radical (unpaired) electrons. The highest BCUT2D eigenvalue weighted by molar-refractivity contribution is 6.00. The van der Waals surface area contributed by atoms with E-state index in [2.05, 4.69) is 0 Å². The number of hydrogen-bond donors (Lipinski definition) is 2. The van der Waals surface area contributed by atoms with Gasteiger partial charge in [0.05, 0.1) is 30.8 Å². The summed E-state index contributed by atoms with van der Waals surface area (Å²) in [6.07, 6.45) is 0.975. The summed E-state index contributed by atoms with van der Waals surface area (Å²) in [5.74, 6) is -2.17. The van der Waals surface area contributed by atoms with E-state index in [0.29, 0.717) is 12.0 Å². The first-order valence-corrected chi connectivity index (χ1v) is 7.65. The van der Waals surface area contributed by atoms with Crippen molar-refractivity contribution in [2.75, 3.05) is 13.3 Å². The van der Waals surface area contributed by atoms with E-state index in [1.165, 1.54) is 4.90 Å². The van der Waals surface area contributed by atoms with Gasteiger partial charge >= 0.3 is 5.97 Å². The molecule has 2 N–H and O–H groups in total. The third-order valence-corrected chi connectivity index (χ3v) is 4.96. The number of carboxylic acid groups (broad SMARTS) is 1. The van der Waals surface area contributed by atoms with Crippen molar-refractivity contribution in [1.82, 2.24) is 4.90 Å². The first-order chi connectivity index (χ1) is 10.5. The Balaban J connectivity index is 1.97. The van der Waals surface area contributed by atoms with Crippen LogP contribution in [0.25, 0.3) is 0 Å². The number of rotatable bonds is 5. The summed E-state index contributed by atoms with van der Waals surface area (Å²) >= 11 is 0. The van der Waals surface area contributed by atoms with Crippen molar-refractivity contribution in [2.24, 2.45) is 11.8 Å². The molecule has 122 valence electrons. The number of carbonyl (C=O) groups is 2. The normalized spacial score (nSPS) is 35.0. The summed E-state index contributed by atoms with van der Waals surface area (Å²) in [6.45, 7) is 0.851. The number of aliphatic carboxylic acids is 1. The summed E-state index contributed by atoms with van der Waals surface area (Å²) in [5.41, 5.74) is 0.592. The number of halogens is 1. The van der Waals surface area contributed by atoms with Crippen LogP contribution in [0.1, 0.15) is 26.2 Å². The number of amides is 1. The lowest BCUT2D eigenvalue weighted by Gasteiger charge is -2.47. The number of β-lactam (4-membered cyclic amide) rings is 1. The van der Waals surface area contributed by atoms with Crippen LogP contribution in [0.5, 0.6) is 0 Å². The Kier molecular flexibility index (Phi) is 3.94. The molecule has 22 heavy (non-hydrogen) atoms. The summed E-state index contributed by atoms with van der Waals surface area (Å²) in [7, 11) is 0. The van der Waals surface area contributed by atoms with Gasteiger partial charge in [-0.25, -0.2) is 9.18 Å². The van der Waals surface area contributed by atoms with Gasteiger partial charge in [0.25, 0.3) is 0 Å². The zero-order valence-corrected chi connectivity index (χ0v) is 12.4. The average Bonchev–Trinajstić information content (AvgIpc) is 2.76. The molecule has 0 aromatic rings. The second kappa shape index (κ2) is 5.62. The van der Waals surface area contributed by atoms with Gasteiger partial charge in [-0.2, -0.15) is 0 Å². The van der Waals surface area contributed by atoms with Gasteiger partial charge < -0.3 is 19.8 Å². The van der Waals surface area contributed by atoms with E-state index < -0.39 is 30.8 Å². The molecule has 2 fully saturated rings. The molecule has 1 saturated heterocycles. The Hall–Kier alpha value is -1.47. The van der Waals surface area contributed by atoms with Crippen molar-refractivity contribution < 1.29 is 28.9 Å². The van der Waals surface area contributed by atoms with Crippen molar-refractivity contribution in [1.29, 1.82) is 0 Å². The maximum Gasteiger partial charge on any atom is 0.352 e. The van der Waals surface area contributed by atoms with Crippen LogP contribution in [-0.4, -0.2) is 58.5 Å². The maximum absolute atomic E-state index is 12.4. The number of hydrogen-bond acceptors (Lipinski definition) is 4. The minimum atomic E-state index is -1.16. The third-order valence-electron chi connectivity index (χ3n) is 4.96. The number of fused-ring (bicyclic) bond motifs is 3. The van der Waals surface area contributed by atoms with Gasteiger partial charge in [0.2, 0.25) is 5.91 Å². The Morgan fingerprint density at radius 1 is 1.50 bits per heavy atom. The Morgan fingerprint density at radius 3 is 2.82 bits per heavy atom. The minimum absolute atomic E-state index is 0.0135. The molecule has 0 aromatic heterocycles. The highest BCUT2D eigenvalue weighted by atomic mass is 19.1. The van der Waals surface area contributed by atoms with Crippen molar-refractivity contribution >= 4 is 11.9 Å². The summed E-state index contributed by atoms with van der Waals surface area (Å²) < 4.78 is 17.9. The molecule has 2 aliphatic heterocycles. The van der Waals surface area contributed by atoms with Crippen molar-refractivity contribution in [2.45, 2.75) is 44.4 Å². The second-order valence-corrected chi connectivity index (χ2v) is 6.16. The van der Waals surface area contributed by atoms with Crippen molar-refractivity contribution in [3.63, 3.8) is 0 Å². The van der Waals surface area contributed by atoms with E-state index >= 15 is 0 Å². The monoisotopic (exact) mass is 313 g/mol. The molecule has 0 bridgehead atoms. The van der Waals surface area contributed by atoms with Gasteiger partial charge in [-0.05, 0) is 31.8 Å². The smallest absolute Gasteiger partial charge is 0.352 e. The second-order valence-electron chi connectivity index (χ2n) is 6.16. The molecule has 1 amide bonds. The van der Waals surface area contributed by atoms with Gasteiger partial charge in [0, 0.05) is 5.92 Å². The van der Waals surface area contributed by atoms with E-state index in [0.717, 1.165) is 12.8 Å². The quantitative estimate of drug-likeness (QED) is 0.730. The molecule has 2 heterocycles. The first kappa shape index (κ1) is 15.4. The number of ether oxygens (including phenoxy) is 1. The SMILES string of the molecule is CC(O)[C@H]1C(=O)N2C(C(=O)O)=C3[C@@H](OCCF)CCC[C@@H]3[C@H]12. The summed E-state index contributed by atoms with van der Waals surface area (Å²) in [6, 6.07) is -0.301. The predicted molar refractivity (Wildman–Crippen MR) is 73.5 cm³/mol. The fourth-order valence-corrected chi connectivity index (χ4v) is 4.19. The lowest BCUT2D eigenvalue weighted by atomic mass is 9.71. The van der Waals surface area contributed by atoms with Gasteiger partial charge in [-0.15, -0.1) is 0 Å². The summed E-state index contributed by atoms with van der Waals surface area (Å²) in [5, 5.41) is 19.3. The molecule has 3 rings (SSSR count). The predicted octanol–water partition coefficient (Wildman–Crippen LogP) is 0.701. The van der Waals surface area contributed by atoms with Crippen LogP contribution in [0.2, 0.25) is 0 Å². The highest BCUT2D eigenvalue weighted by Gasteiger charge is 2.62. The zero-order valence-electron chi connectivity index (χ0n) is 12.4. The van der Waals surface area contributed by atoms with Crippen LogP contribution < -0.4 is 0 Å². The lowest BCUT2D eigenvalue weighted by Crippen LogP contribution is -2.64. The molecule has 6 nitrogen and oxygen atoms in total. The third kappa shape index (κ3) is 2.06. The fraction of sp³-hybridized carbons (Fsp3) is 0.733. The maximum atomic E-state index is 12.4. The molecule has 7 heteroatoms. The van der Waals surface area contributed by atoms with E-state index in [1.54, 1.807) is 6.92 Å². The molecule has 0 spiro atoms. The van der Waals surface area contributed by atoms with Crippen molar-refractivity contribution in [3.8, 4) is 0 Å². The number of nitrogens with zero attached hydrogens (tertiary/aromatic N) is 1. The van der Waals surface area contributed by atoms with Gasteiger partial charge in [0.15, 0.2) is 0 Å². The largest absolute Gasteiger partial charge is 0.477 e. The Labute approximate surface area is 127 Å². The van der Waals surface area contributed by atoms with Crippen LogP contribution in [0, 0.1) is 11.8 Å². The van der Waals surface area contributed by atoms with Crippen LogP contribution in [0.4, 0.5) is 4.39 Å². The number of carbonyl (C=O) groups excluding carboxylic acids is 1. The van der Waals surface area contributed by atoms with E-state index in [4.69, 9.17) is 4.74 Å². The standard InChI is InChI=1S/C15H20FNO5/c1-7(18)10-12-8-3-2-4-9(22-6-5-16)11(8)13(15(20)21)17(12)14(10)19/h7-10,12,18H,2-6H2,1H3,(H,20,21)/t7?,8-,9-,10+,12+/m0/s1. The Morgan fingerprint density at radius 2 is 2.23 bits per heavy atom. The number of aliphatic hydroxyl groups is 1. The van der Waals surface area contributed by atoms with Crippen molar-refractivity contribution in [3.05, 3.63) is 11.3 Å². The Bertz CT molecular complexity index is 532. The number of aliphatic hydroxyl groups excluding tert-OH is 1. The van der Waals surface area contributed by atoms with E-state index in [9.17, 15) is 24.2 Å². The van der Waals surface area contributed by atoms with E-state index in [1.807, 2.05) is 0 Å². The lowest BCUT2D eigenvalue weighted by molar-refractivity contribution is -0.163. The average molecular weight is 313 g/mol. The molecule has 1 aliphatic carbocycles. The van der Waals surface area contributed by atoms with Crippen LogP contribution in [0.3, 0.4) is 0 Å².